The molecule has 2 N–H and O–H groups in total. The Morgan fingerprint density at radius 1 is 1.45 bits per heavy atom. The summed E-state index contributed by atoms with van der Waals surface area (Å²) in [5.41, 5.74) is 1.26. The van der Waals surface area contributed by atoms with Gasteiger partial charge in [-0.2, -0.15) is 0 Å². The number of pyridine rings is 1. The number of rotatable bonds is 2. The highest BCUT2D eigenvalue weighted by Gasteiger charge is 2.31. The molecule has 0 saturated carbocycles. The molecule has 0 radical (unpaired) electrons. The second kappa shape index (κ2) is 5.07. The highest BCUT2D eigenvalue weighted by molar-refractivity contribution is 9.10. The van der Waals surface area contributed by atoms with E-state index in [0.29, 0.717) is 12.1 Å². The molecule has 0 aliphatic carbocycles. The maximum atomic E-state index is 12.6. The van der Waals surface area contributed by atoms with Crippen molar-refractivity contribution in [1.82, 2.24) is 4.98 Å². The number of fused-ring (bicyclic) bond motifs is 1. The van der Waals surface area contributed by atoms with Crippen LogP contribution in [-0.2, 0) is 0 Å². The number of phenols is 1. The van der Waals surface area contributed by atoms with Gasteiger partial charge in [-0.15, -0.1) is 0 Å². The van der Waals surface area contributed by atoms with Crippen molar-refractivity contribution < 1.29 is 9.90 Å². The van der Waals surface area contributed by atoms with Gasteiger partial charge in [0.05, 0.1) is 10.9 Å². The number of ketones is 1. The van der Waals surface area contributed by atoms with Crippen LogP contribution in [0.25, 0.3) is 0 Å². The molecule has 1 unspecified atom stereocenters. The molecule has 1 aliphatic rings. The first kappa shape index (κ1) is 13.4. The van der Waals surface area contributed by atoms with Crippen molar-refractivity contribution in [3.05, 3.63) is 51.1 Å². The van der Waals surface area contributed by atoms with Crippen LogP contribution in [0.2, 0.25) is 5.02 Å². The lowest BCUT2D eigenvalue weighted by molar-refractivity contribution is 0.0966. The van der Waals surface area contributed by atoms with E-state index in [0.717, 1.165) is 15.9 Å². The molecule has 6 heteroatoms. The molecule has 1 aromatic carbocycles. The molecule has 3 rings (SSSR count). The lowest BCUT2D eigenvalue weighted by atomic mass is 9.93. The topological polar surface area (TPSA) is 62.2 Å². The number of carbonyl (C=O) groups is 1. The Balaban J connectivity index is 1.99. The van der Waals surface area contributed by atoms with Crippen molar-refractivity contribution in [2.45, 2.75) is 5.92 Å². The first-order chi connectivity index (χ1) is 9.56. The molecular weight excluding hydrogens is 344 g/mol. The standard InChI is InChI=1S/C14H10BrClN2O2/c15-7-3-10-11(6-18-14(10)17-5-7)13(20)9-2-1-8(19)4-12(9)16/h1-5,11,19H,6H2,(H,17,18). The number of aromatic hydroxyl groups is 1. The van der Waals surface area contributed by atoms with Gasteiger partial charge in [0.25, 0.3) is 0 Å². The van der Waals surface area contributed by atoms with E-state index >= 15 is 0 Å². The monoisotopic (exact) mass is 352 g/mol. The molecule has 1 aliphatic heterocycles. The van der Waals surface area contributed by atoms with E-state index in [1.54, 1.807) is 12.3 Å². The van der Waals surface area contributed by atoms with E-state index in [-0.39, 0.29) is 22.5 Å². The van der Waals surface area contributed by atoms with Crippen LogP contribution in [0.3, 0.4) is 0 Å². The molecule has 0 bridgehead atoms. The van der Waals surface area contributed by atoms with Crippen LogP contribution in [0.15, 0.2) is 34.9 Å². The minimum atomic E-state index is -0.322. The van der Waals surface area contributed by atoms with Crippen LogP contribution < -0.4 is 5.32 Å². The number of phenolic OH excluding ortho intramolecular Hbond substituents is 1. The molecule has 4 nitrogen and oxygen atoms in total. The second-order valence-electron chi connectivity index (χ2n) is 4.55. The summed E-state index contributed by atoms with van der Waals surface area (Å²) in [6, 6.07) is 6.27. The molecule has 1 aromatic heterocycles. The molecule has 0 fully saturated rings. The normalized spacial score (nSPS) is 16.6. The number of Topliss-reactive ketones (excluding diaryl/α,β-unsaturated/α-hetero) is 1. The van der Waals surface area contributed by atoms with Crippen LogP contribution in [0.4, 0.5) is 5.82 Å². The summed E-state index contributed by atoms with van der Waals surface area (Å²) >= 11 is 9.40. The zero-order valence-electron chi connectivity index (χ0n) is 10.2. The van der Waals surface area contributed by atoms with E-state index in [1.165, 1.54) is 12.1 Å². The van der Waals surface area contributed by atoms with Crippen molar-refractivity contribution in [2.75, 3.05) is 11.9 Å². The molecule has 0 spiro atoms. The van der Waals surface area contributed by atoms with Crippen molar-refractivity contribution in [3.8, 4) is 5.75 Å². The van der Waals surface area contributed by atoms with Crippen LogP contribution in [0.1, 0.15) is 21.8 Å². The molecule has 20 heavy (non-hydrogen) atoms. The van der Waals surface area contributed by atoms with Gasteiger partial charge in [-0.25, -0.2) is 4.98 Å². The number of nitrogens with one attached hydrogen (secondary N) is 1. The molecule has 0 saturated heterocycles. The fraction of sp³-hybridized carbons (Fsp3) is 0.143. The molecule has 0 amide bonds. The Morgan fingerprint density at radius 2 is 2.25 bits per heavy atom. The van der Waals surface area contributed by atoms with E-state index in [2.05, 4.69) is 26.2 Å². The van der Waals surface area contributed by atoms with Gasteiger partial charge < -0.3 is 10.4 Å². The van der Waals surface area contributed by atoms with Crippen LogP contribution in [0.5, 0.6) is 5.75 Å². The minimum Gasteiger partial charge on any atom is -0.508 e. The van der Waals surface area contributed by atoms with E-state index < -0.39 is 0 Å². The number of carbonyl (C=O) groups excluding carboxylic acids is 1. The van der Waals surface area contributed by atoms with Crippen molar-refractivity contribution in [2.24, 2.45) is 0 Å². The molecule has 2 heterocycles. The lowest BCUT2D eigenvalue weighted by Crippen LogP contribution is -2.15. The number of hydrogen-bond donors (Lipinski definition) is 2. The minimum absolute atomic E-state index is 0.0425. The second-order valence-corrected chi connectivity index (χ2v) is 5.88. The highest BCUT2D eigenvalue weighted by atomic mass is 79.9. The summed E-state index contributed by atoms with van der Waals surface area (Å²) in [5.74, 6) is 0.362. The summed E-state index contributed by atoms with van der Waals surface area (Å²) in [4.78, 5) is 16.8. The summed E-state index contributed by atoms with van der Waals surface area (Å²) in [7, 11) is 0. The predicted molar refractivity (Wildman–Crippen MR) is 80.6 cm³/mol. The molecule has 102 valence electrons. The van der Waals surface area contributed by atoms with Gasteiger partial charge in [-0.05, 0) is 40.2 Å². The molecule has 1 atom stereocenters. The zero-order chi connectivity index (χ0) is 14.3. The smallest absolute Gasteiger partial charge is 0.173 e. The Bertz CT molecular complexity index is 706. The highest BCUT2D eigenvalue weighted by Crippen LogP contribution is 2.35. The van der Waals surface area contributed by atoms with E-state index in [4.69, 9.17) is 11.6 Å². The van der Waals surface area contributed by atoms with Crippen LogP contribution >= 0.6 is 27.5 Å². The predicted octanol–water partition coefficient (Wildman–Crippen LogP) is 3.60. The third-order valence-corrected chi connectivity index (χ3v) is 4.01. The van der Waals surface area contributed by atoms with Crippen molar-refractivity contribution in [1.29, 1.82) is 0 Å². The first-order valence-electron chi connectivity index (χ1n) is 5.98. The van der Waals surface area contributed by atoms with Crippen molar-refractivity contribution in [3.63, 3.8) is 0 Å². The Labute approximate surface area is 128 Å². The Hall–Kier alpha value is -1.59. The Kier molecular flexibility index (Phi) is 3.40. The quantitative estimate of drug-likeness (QED) is 0.810. The number of benzene rings is 1. The molecular formula is C14H10BrClN2O2. The number of hydrogen-bond acceptors (Lipinski definition) is 4. The van der Waals surface area contributed by atoms with Gasteiger partial charge in [-0.1, -0.05) is 11.6 Å². The van der Waals surface area contributed by atoms with Crippen molar-refractivity contribution >= 4 is 39.1 Å². The zero-order valence-corrected chi connectivity index (χ0v) is 12.6. The van der Waals surface area contributed by atoms with Gasteiger partial charge >= 0.3 is 0 Å². The van der Waals surface area contributed by atoms with Gasteiger partial charge in [0, 0.05) is 28.3 Å². The fourth-order valence-electron chi connectivity index (χ4n) is 2.30. The lowest BCUT2D eigenvalue weighted by Gasteiger charge is -2.10. The van der Waals surface area contributed by atoms with Gasteiger partial charge in [-0.3, -0.25) is 4.79 Å². The SMILES string of the molecule is O=C(c1ccc(O)cc1Cl)C1CNc2ncc(Br)cc21. The number of aromatic nitrogens is 1. The summed E-state index contributed by atoms with van der Waals surface area (Å²) < 4.78 is 0.828. The van der Waals surface area contributed by atoms with Gasteiger partial charge in [0.2, 0.25) is 0 Å². The largest absolute Gasteiger partial charge is 0.508 e. The number of halogens is 2. The average molecular weight is 354 g/mol. The summed E-state index contributed by atoms with van der Waals surface area (Å²) in [6.07, 6.45) is 1.69. The fourth-order valence-corrected chi connectivity index (χ4v) is 2.92. The van der Waals surface area contributed by atoms with Gasteiger partial charge in [0.15, 0.2) is 5.78 Å². The van der Waals surface area contributed by atoms with Gasteiger partial charge in [0.1, 0.15) is 11.6 Å². The van der Waals surface area contributed by atoms with E-state index in [1.807, 2.05) is 6.07 Å². The van der Waals surface area contributed by atoms with Crippen LogP contribution in [-0.4, -0.2) is 22.4 Å². The number of anilines is 1. The average Bonchev–Trinajstić information content (AvgIpc) is 2.81. The third-order valence-electron chi connectivity index (χ3n) is 3.27. The third kappa shape index (κ3) is 2.27. The molecule has 2 aromatic rings. The maximum absolute atomic E-state index is 12.6. The Morgan fingerprint density at radius 3 is 3.00 bits per heavy atom. The van der Waals surface area contributed by atoms with Crippen LogP contribution in [0, 0.1) is 0 Å². The van der Waals surface area contributed by atoms with E-state index in [9.17, 15) is 9.90 Å². The summed E-state index contributed by atoms with van der Waals surface area (Å²) in [6.45, 7) is 0.495. The number of nitrogens with zero attached hydrogens (tertiary/aromatic N) is 1. The maximum Gasteiger partial charge on any atom is 0.173 e. The summed E-state index contributed by atoms with van der Waals surface area (Å²) in [5, 5.41) is 12.7. The first-order valence-corrected chi connectivity index (χ1v) is 7.15.